The van der Waals surface area contributed by atoms with Gasteiger partial charge < -0.3 is 50.9 Å². The Morgan fingerprint density at radius 2 is 1.24 bits per heavy atom. The standard InChI is InChI=1S/C46H68N6O6/c1-25(2)23-57-31(9)45-29(7)37-19-35-27(5)33(11-13-43(55)47-15-17-53)39(49-35)22-40-34(12-14-44(56)48-16-18-54)28(6)36(50-40)20-41-46(32(10)58-24-26(3)4)30(8)38(52-41)21-42(45)51-37/h19-22,25-26,31-32,35,38,49-54H,11-18,23-24H2,1-10H3,(H,47,55)(H,48,56)/b37-19-,39-22-,41-20-,42-21-. The van der Waals surface area contributed by atoms with E-state index in [9.17, 15) is 19.8 Å². The molecule has 2 aromatic heterocycles. The zero-order valence-electron chi connectivity index (χ0n) is 36.4. The Hall–Kier alpha value is -4.36. The van der Waals surface area contributed by atoms with Crippen LogP contribution in [-0.2, 0) is 25.5 Å². The van der Waals surface area contributed by atoms with E-state index < -0.39 is 0 Å². The van der Waals surface area contributed by atoms with Gasteiger partial charge in [0.05, 0.1) is 37.5 Å². The highest BCUT2D eigenvalue weighted by atomic mass is 16.5. The molecule has 5 heterocycles. The van der Waals surface area contributed by atoms with E-state index >= 15 is 0 Å². The van der Waals surface area contributed by atoms with E-state index in [1.54, 1.807) is 0 Å². The largest absolute Gasteiger partial charge is 0.395 e. The van der Waals surface area contributed by atoms with Crippen molar-refractivity contribution in [1.82, 2.24) is 31.2 Å². The normalized spacial score (nSPS) is 21.7. The van der Waals surface area contributed by atoms with Crippen molar-refractivity contribution in [3.63, 3.8) is 0 Å². The molecule has 4 unspecified atom stereocenters. The number of allylic oxidation sites excluding steroid dienone is 1. The SMILES string of the molecule is CC1=C(CCC(=O)NCCO)/C2=C/c3[nH]c(c(C)c3CCC(=O)NCCO)/C=C3\NC(/C=c4\[nH]/c(c(C)c4C(C)OCC(C)C)=C\C1N2)C(C)=C3C(C)OCC(C)C. The summed E-state index contributed by atoms with van der Waals surface area (Å²) in [6.45, 7) is 22.9. The highest BCUT2D eigenvalue weighted by Crippen LogP contribution is 2.35. The maximum Gasteiger partial charge on any atom is 0.220 e. The molecular weight excluding hydrogens is 733 g/mol. The van der Waals surface area contributed by atoms with Crippen LogP contribution in [0, 0.1) is 25.7 Å². The van der Waals surface area contributed by atoms with Gasteiger partial charge in [-0.1, -0.05) is 27.7 Å². The van der Waals surface area contributed by atoms with Crippen LogP contribution in [0.5, 0.6) is 0 Å². The number of aliphatic hydroxyl groups is 2. The molecule has 8 bridgehead atoms. The van der Waals surface area contributed by atoms with Gasteiger partial charge >= 0.3 is 0 Å². The molecule has 8 N–H and O–H groups in total. The molecule has 0 saturated carbocycles. The van der Waals surface area contributed by atoms with Gasteiger partial charge in [-0.2, -0.15) is 0 Å². The number of aromatic nitrogens is 2. The summed E-state index contributed by atoms with van der Waals surface area (Å²) in [4.78, 5) is 33.2. The minimum absolute atomic E-state index is 0.113. The van der Waals surface area contributed by atoms with Crippen molar-refractivity contribution >= 4 is 36.1 Å². The fraction of sp³-hybridized carbons (Fsp3) is 0.565. The van der Waals surface area contributed by atoms with E-state index in [1.165, 1.54) is 5.57 Å². The summed E-state index contributed by atoms with van der Waals surface area (Å²) >= 11 is 0. The highest BCUT2D eigenvalue weighted by molar-refractivity contribution is 5.78. The van der Waals surface area contributed by atoms with Gasteiger partial charge in [0.25, 0.3) is 0 Å². The number of aliphatic hydroxyl groups excluding tert-OH is 2. The summed E-state index contributed by atoms with van der Waals surface area (Å²) in [5.74, 6) is 0.535. The van der Waals surface area contributed by atoms with Gasteiger partial charge in [-0.15, -0.1) is 0 Å². The van der Waals surface area contributed by atoms with Crippen molar-refractivity contribution in [3.05, 3.63) is 78.0 Å². The molecule has 0 radical (unpaired) electrons. The van der Waals surface area contributed by atoms with Crippen molar-refractivity contribution in [1.29, 1.82) is 0 Å². The molecule has 0 saturated heterocycles. The molecule has 0 aromatic carbocycles. The van der Waals surface area contributed by atoms with E-state index in [-0.39, 0.29) is 75.3 Å². The number of hydrogen-bond acceptors (Lipinski definition) is 8. The molecule has 2 amide bonds. The second-order valence-electron chi connectivity index (χ2n) is 16.9. The first kappa shape index (κ1) is 44.7. The predicted octanol–water partition coefficient (Wildman–Crippen LogP) is 4.22. The lowest BCUT2D eigenvalue weighted by Gasteiger charge is -2.18. The third-order valence-corrected chi connectivity index (χ3v) is 11.4. The number of amides is 2. The monoisotopic (exact) mass is 801 g/mol. The number of ether oxygens (including phenoxy) is 2. The smallest absolute Gasteiger partial charge is 0.220 e. The number of fused-ring (bicyclic) bond motifs is 8. The second kappa shape index (κ2) is 20.1. The molecule has 4 atom stereocenters. The van der Waals surface area contributed by atoms with Gasteiger partial charge in [0.2, 0.25) is 11.8 Å². The molecule has 0 aliphatic carbocycles. The summed E-state index contributed by atoms with van der Waals surface area (Å²) in [7, 11) is 0. The molecule has 318 valence electrons. The number of hydrogen-bond donors (Lipinski definition) is 8. The van der Waals surface area contributed by atoms with Crippen LogP contribution in [0.3, 0.4) is 0 Å². The topological polar surface area (TPSA) is 173 Å². The van der Waals surface area contributed by atoms with Crippen molar-refractivity contribution in [2.45, 2.75) is 119 Å². The Balaban J connectivity index is 1.74. The van der Waals surface area contributed by atoms with E-state index in [2.05, 4.69) is 125 Å². The minimum Gasteiger partial charge on any atom is -0.395 e. The Labute approximate surface area is 344 Å². The van der Waals surface area contributed by atoms with Gasteiger partial charge in [-0.05, 0) is 124 Å². The molecule has 2 aromatic rings. The second-order valence-corrected chi connectivity index (χ2v) is 16.9. The van der Waals surface area contributed by atoms with Gasteiger partial charge in [-0.25, -0.2) is 0 Å². The maximum absolute atomic E-state index is 12.8. The average molecular weight is 801 g/mol. The van der Waals surface area contributed by atoms with Gasteiger partial charge in [-0.3, -0.25) is 9.59 Å². The van der Waals surface area contributed by atoms with Gasteiger partial charge in [0, 0.05) is 83.8 Å². The average Bonchev–Trinajstić information content (AvgIpc) is 3.85. The Bertz CT molecular complexity index is 2060. The number of carbonyl (C=O) groups excluding carboxylic acids is 2. The third-order valence-electron chi connectivity index (χ3n) is 11.4. The van der Waals surface area contributed by atoms with Crippen LogP contribution in [0.1, 0.15) is 114 Å². The van der Waals surface area contributed by atoms with Crippen LogP contribution in [-0.4, -0.2) is 89.7 Å². The zero-order valence-corrected chi connectivity index (χ0v) is 36.4. The molecule has 12 nitrogen and oxygen atoms in total. The first-order chi connectivity index (χ1) is 27.6. The van der Waals surface area contributed by atoms with E-state index in [1.807, 2.05) is 0 Å². The van der Waals surface area contributed by atoms with Crippen LogP contribution < -0.4 is 32.0 Å². The number of nitrogens with one attached hydrogen (secondary N) is 6. The van der Waals surface area contributed by atoms with Gasteiger partial charge in [0.1, 0.15) is 0 Å². The lowest BCUT2D eigenvalue weighted by atomic mass is 9.98. The van der Waals surface area contributed by atoms with Crippen molar-refractivity contribution in [3.8, 4) is 0 Å². The van der Waals surface area contributed by atoms with E-state index in [0.717, 1.165) is 72.5 Å². The third kappa shape index (κ3) is 10.6. The summed E-state index contributed by atoms with van der Waals surface area (Å²) < 4.78 is 12.9. The summed E-state index contributed by atoms with van der Waals surface area (Å²) in [5.41, 5.74) is 12.5. The van der Waals surface area contributed by atoms with Crippen LogP contribution in [0.2, 0.25) is 0 Å². The van der Waals surface area contributed by atoms with Crippen LogP contribution in [0.4, 0.5) is 0 Å². The maximum atomic E-state index is 12.8. The zero-order chi connectivity index (χ0) is 42.3. The Morgan fingerprint density at radius 1 is 0.690 bits per heavy atom. The molecule has 0 fully saturated rings. The molecule has 5 rings (SSSR count). The van der Waals surface area contributed by atoms with Crippen molar-refractivity contribution in [2.24, 2.45) is 11.8 Å². The number of H-pyrrole nitrogens is 2. The lowest BCUT2D eigenvalue weighted by Crippen LogP contribution is -2.27. The Kier molecular flexibility index (Phi) is 15.5. The van der Waals surface area contributed by atoms with E-state index in [0.29, 0.717) is 37.9 Å². The molecular formula is C46H68N6O6. The number of aromatic amines is 2. The molecule has 3 aliphatic heterocycles. The molecule has 58 heavy (non-hydrogen) atoms. The first-order valence-electron chi connectivity index (χ1n) is 21.1. The summed E-state index contributed by atoms with van der Waals surface area (Å²) in [5, 5.41) is 33.9. The summed E-state index contributed by atoms with van der Waals surface area (Å²) in [6.07, 6.45) is 10.0. The van der Waals surface area contributed by atoms with Crippen LogP contribution >= 0.6 is 0 Å². The Morgan fingerprint density at radius 3 is 1.86 bits per heavy atom. The van der Waals surface area contributed by atoms with Gasteiger partial charge in [0.15, 0.2) is 0 Å². The molecule has 3 aliphatic rings. The van der Waals surface area contributed by atoms with Crippen LogP contribution in [0.25, 0.3) is 24.3 Å². The minimum atomic E-state index is -0.166. The summed E-state index contributed by atoms with van der Waals surface area (Å²) in [6, 6.07) is -0.280. The first-order valence-corrected chi connectivity index (χ1v) is 21.1. The quantitative estimate of drug-likeness (QED) is 0.111. The van der Waals surface area contributed by atoms with Crippen molar-refractivity contribution in [2.75, 3.05) is 39.5 Å². The number of rotatable bonds is 18. The van der Waals surface area contributed by atoms with Crippen LogP contribution in [0.15, 0.2) is 33.7 Å². The van der Waals surface area contributed by atoms with Crippen molar-refractivity contribution < 1.29 is 29.3 Å². The fourth-order valence-electron chi connectivity index (χ4n) is 8.20. The molecule has 12 heteroatoms. The predicted molar refractivity (Wildman–Crippen MR) is 232 cm³/mol. The lowest BCUT2D eigenvalue weighted by molar-refractivity contribution is -0.122. The molecule has 0 spiro atoms. The van der Waals surface area contributed by atoms with E-state index in [4.69, 9.17) is 9.47 Å². The fourth-order valence-corrected chi connectivity index (χ4v) is 8.20. The number of carbonyl (C=O) groups is 2. The highest BCUT2D eigenvalue weighted by Gasteiger charge is 2.31.